The molecule has 0 aromatic carbocycles. The highest BCUT2D eigenvalue weighted by Crippen LogP contribution is 2.14. The molecule has 0 atom stereocenters. The topological polar surface area (TPSA) is 52.0 Å². The predicted molar refractivity (Wildman–Crippen MR) is 70.3 cm³/mol. The molecule has 5 nitrogen and oxygen atoms in total. The molecule has 1 aromatic rings. The summed E-state index contributed by atoms with van der Waals surface area (Å²) in [5.41, 5.74) is 1.02. The fourth-order valence-corrected chi connectivity index (χ4v) is 2.06. The highest BCUT2D eigenvalue weighted by Gasteiger charge is 2.16. The molecule has 18 heavy (non-hydrogen) atoms. The van der Waals surface area contributed by atoms with Gasteiger partial charge in [-0.05, 0) is 46.1 Å². The Balaban J connectivity index is 1.74. The molecule has 1 aliphatic rings. The highest BCUT2D eigenvalue weighted by atomic mass is 16.5. The largest absolute Gasteiger partial charge is 0.381 e. The van der Waals surface area contributed by atoms with Crippen molar-refractivity contribution in [2.75, 3.05) is 19.8 Å². The van der Waals surface area contributed by atoms with Gasteiger partial charge < -0.3 is 10.1 Å². The van der Waals surface area contributed by atoms with Gasteiger partial charge in [-0.3, -0.25) is 0 Å². The van der Waals surface area contributed by atoms with E-state index < -0.39 is 0 Å². The van der Waals surface area contributed by atoms with Gasteiger partial charge in [-0.1, -0.05) is 5.21 Å². The molecule has 0 spiro atoms. The molecule has 1 fully saturated rings. The zero-order valence-electron chi connectivity index (χ0n) is 11.6. The molecule has 0 unspecified atom stereocenters. The summed E-state index contributed by atoms with van der Waals surface area (Å²) in [7, 11) is 0. The Hall–Kier alpha value is -0.940. The van der Waals surface area contributed by atoms with Gasteiger partial charge >= 0.3 is 0 Å². The second-order valence-electron chi connectivity index (χ2n) is 6.01. The SMILES string of the molecule is CC(C)(C)n1cc(CNCC2CCOCC2)nn1. The minimum Gasteiger partial charge on any atom is -0.381 e. The van der Waals surface area contributed by atoms with Gasteiger partial charge in [0.1, 0.15) is 0 Å². The van der Waals surface area contributed by atoms with Crippen LogP contribution in [0.2, 0.25) is 0 Å². The Morgan fingerprint density at radius 3 is 2.72 bits per heavy atom. The number of hydrogen-bond donors (Lipinski definition) is 1. The van der Waals surface area contributed by atoms with Crippen molar-refractivity contribution in [2.24, 2.45) is 5.92 Å². The lowest BCUT2D eigenvalue weighted by molar-refractivity contribution is 0.0662. The van der Waals surface area contributed by atoms with Gasteiger partial charge in [0, 0.05) is 19.8 Å². The van der Waals surface area contributed by atoms with E-state index in [9.17, 15) is 0 Å². The lowest BCUT2D eigenvalue weighted by Crippen LogP contribution is -2.27. The number of ether oxygens (including phenoxy) is 1. The minimum atomic E-state index is 0.00591. The fourth-order valence-electron chi connectivity index (χ4n) is 2.06. The van der Waals surface area contributed by atoms with Crippen molar-refractivity contribution in [2.45, 2.75) is 45.7 Å². The van der Waals surface area contributed by atoms with E-state index in [-0.39, 0.29) is 5.54 Å². The quantitative estimate of drug-likeness (QED) is 0.883. The number of nitrogens with one attached hydrogen (secondary N) is 1. The molecule has 0 amide bonds. The van der Waals surface area contributed by atoms with Gasteiger partial charge in [0.05, 0.1) is 17.4 Å². The van der Waals surface area contributed by atoms with Crippen LogP contribution in [0.4, 0.5) is 0 Å². The van der Waals surface area contributed by atoms with Crippen LogP contribution in [0.5, 0.6) is 0 Å². The molecule has 1 N–H and O–H groups in total. The molecular weight excluding hydrogens is 228 g/mol. The van der Waals surface area contributed by atoms with E-state index in [2.05, 4.69) is 36.4 Å². The average molecular weight is 252 g/mol. The van der Waals surface area contributed by atoms with Gasteiger partial charge in [-0.15, -0.1) is 5.10 Å². The Morgan fingerprint density at radius 1 is 1.39 bits per heavy atom. The molecular formula is C13H24N4O. The van der Waals surface area contributed by atoms with Gasteiger partial charge in [0.2, 0.25) is 0 Å². The molecule has 0 saturated carbocycles. The molecule has 2 heterocycles. The van der Waals surface area contributed by atoms with Crippen LogP contribution in [-0.2, 0) is 16.8 Å². The van der Waals surface area contributed by atoms with E-state index in [1.165, 1.54) is 12.8 Å². The number of aromatic nitrogens is 3. The lowest BCUT2D eigenvalue weighted by Gasteiger charge is -2.22. The van der Waals surface area contributed by atoms with Crippen LogP contribution in [0.15, 0.2) is 6.20 Å². The molecule has 0 bridgehead atoms. The van der Waals surface area contributed by atoms with E-state index in [0.717, 1.165) is 37.9 Å². The second-order valence-corrected chi connectivity index (χ2v) is 6.01. The van der Waals surface area contributed by atoms with Crippen LogP contribution in [-0.4, -0.2) is 34.8 Å². The summed E-state index contributed by atoms with van der Waals surface area (Å²) in [4.78, 5) is 0. The van der Waals surface area contributed by atoms with E-state index >= 15 is 0 Å². The van der Waals surface area contributed by atoms with Crippen LogP contribution in [0.3, 0.4) is 0 Å². The first-order valence-corrected chi connectivity index (χ1v) is 6.76. The molecule has 1 saturated heterocycles. The van der Waals surface area contributed by atoms with Gasteiger partial charge in [-0.2, -0.15) is 0 Å². The molecule has 102 valence electrons. The molecule has 1 aromatic heterocycles. The van der Waals surface area contributed by atoms with E-state index in [4.69, 9.17) is 4.74 Å². The Morgan fingerprint density at radius 2 is 2.11 bits per heavy atom. The summed E-state index contributed by atoms with van der Waals surface area (Å²) in [6.07, 6.45) is 4.36. The van der Waals surface area contributed by atoms with E-state index in [1.807, 2.05) is 10.9 Å². The molecule has 0 radical (unpaired) electrons. The van der Waals surface area contributed by atoms with Crippen molar-refractivity contribution in [1.29, 1.82) is 0 Å². The summed E-state index contributed by atoms with van der Waals surface area (Å²) in [6.45, 7) is 10.0. The zero-order valence-corrected chi connectivity index (χ0v) is 11.6. The van der Waals surface area contributed by atoms with Crippen LogP contribution < -0.4 is 5.32 Å². The minimum absolute atomic E-state index is 0.00591. The highest BCUT2D eigenvalue weighted by molar-refractivity contribution is 4.94. The summed E-state index contributed by atoms with van der Waals surface area (Å²) in [5, 5.41) is 11.8. The average Bonchev–Trinajstić information content (AvgIpc) is 2.79. The first kappa shape index (κ1) is 13.5. The van der Waals surface area contributed by atoms with Gasteiger partial charge in [0.25, 0.3) is 0 Å². The first-order chi connectivity index (χ1) is 8.55. The lowest BCUT2D eigenvalue weighted by atomic mass is 10.0. The summed E-state index contributed by atoms with van der Waals surface area (Å²) >= 11 is 0. The maximum Gasteiger partial charge on any atom is 0.0965 e. The molecule has 1 aliphatic heterocycles. The first-order valence-electron chi connectivity index (χ1n) is 6.76. The van der Waals surface area contributed by atoms with E-state index in [0.29, 0.717) is 0 Å². The van der Waals surface area contributed by atoms with E-state index in [1.54, 1.807) is 0 Å². The summed E-state index contributed by atoms with van der Waals surface area (Å²) in [5.74, 6) is 0.747. The Kier molecular flexibility index (Phi) is 4.35. The Labute approximate surface area is 109 Å². The zero-order chi connectivity index (χ0) is 13.0. The maximum atomic E-state index is 5.35. The van der Waals surface area contributed by atoms with Crippen molar-refractivity contribution in [1.82, 2.24) is 20.3 Å². The number of hydrogen-bond acceptors (Lipinski definition) is 4. The fraction of sp³-hybridized carbons (Fsp3) is 0.846. The van der Waals surface area contributed by atoms with Crippen LogP contribution in [0.25, 0.3) is 0 Å². The normalized spacial score (nSPS) is 18.2. The van der Waals surface area contributed by atoms with Crippen LogP contribution in [0.1, 0.15) is 39.3 Å². The third-order valence-corrected chi connectivity index (χ3v) is 3.31. The molecule has 0 aliphatic carbocycles. The van der Waals surface area contributed by atoms with Gasteiger partial charge in [0.15, 0.2) is 0 Å². The van der Waals surface area contributed by atoms with Gasteiger partial charge in [-0.25, -0.2) is 4.68 Å². The van der Waals surface area contributed by atoms with Crippen molar-refractivity contribution in [3.8, 4) is 0 Å². The second kappa shape index (κ2) is 5.80. The van der Waals surface area contributed by atoms with Crippen molar-refractivity contribution in [3.63, 3.8) is 0 Å². The molecule has 5 heteroatoms. The third kappa shape index (κ3) is 3.78. The van der Waals surface area contributed by atoms with Crippen molar-refractivity contribution < 1.29 is 4.74 Å². The molecule has 2 rings (SSSR count). The number of nitrogens with zero attached hydrogens (tertiary/aromatic N) is 3. The maximum absolute atomic E-state index is 5.35. The van der Waals surface area contributed by atoms with Crippen LogP contribution in [0, 0.1) is 5.92 Å². The predicted octanol–water partition coefficient (Wildman–Crippen LogP) is 1.55. The third-order valence-electron chi connectivity index (χ3n) is 3.31. The summed E-state index contributed by atoms with van der Waals surface area (Å²) in [6, 6.07) is 0. The monoisotopic (exact) mass is 252 g/mol. The van der Waals surface area contributed by atoms with Crippen LogP contribution >= 0.6 is 0 Å². The Bertz CT molecular complexity index is 363. The van der Waals surface area contributed by atoms with Crippen molar-refractivity contribution >= 4 is 0 Å². The summed E-state index contributed by atoms with van der Waals surface area (Å²) < 4.78 is 7.27. The number of rotatable bonds is 4. The standard InChI is InChI=1S/C13H24N4O/c1-13(2,3)17-10-12(15-16-17)9-14-8-11-4-6-18-7-5-11/h10-11,14H,4-9H2,1-3H3. The smallest absolute Gasteiger partial charge is 0.0965 e. The van der Waals surface area contributed by atoms with Crippen molar-refractivity contribution in [3.05, 3.63) is 11.9 Å².